The lowest BCUT2D eigenvalue weighted by Crippen LogP contribution is -2.40. The Labute approximate surface area is 133 Å². The largest absolute Gasteiger partial charge is 0.464 e. The quantitative estimate of drug-likeness (QED) is 0.460. The van der Waals surface area contributed by atoms with Gasteiger partial charge in [0.05, 0.1) is 6.04 Å². The van der Waals surface area contributed by atoms with Crippen molar-refractivity contribution in [3.8, 4) is 0 Å². The molecule has 6 nitrogen and oxygen atoms in total. The summed E-state index contributed by atoms with van der Waals surface area (Å²) in [4.78, 5) is 17.6. The lowest BCUT2D eigenvalue weighted by molar-refractivity contribution is -0.127. The second-order valence-corrected chi connectivity index (χ2v) is 5.55. The number of carbonyl (C=O) groups is 1. The molecule has 0 radical (unpaired) electrons. The minimum absolute atomic E-state index is 0.0176. The molecule has 22 heavy (non-hydrogen) atoms. The van der Waals surface area contributed by atoms with Gasteiger partial charge in [-0.15, -0.1) is 0 Å². The predicted molar refractivity (Wildman–Crippen MR) is 88.9 cm³/mol. The molecule has 0 saturated carbocycles. The number of amides is 1. The first-order valence-electron chi connectivity index (χ1n) is 7.75. The molecule has 0 aliphatic carbocycles. The number of rotatable bonds is 7. The van der Waals surface area contributed by atoms with Crippen LogP contribution in [0.2, 0.25) is 0 Å². The molecule has 0 bridgehead atoms. The smallest absolute Gasteiger partial charge is 0.243 e. The summed E-state index contributed by atoms with van der Waals surface area (Å²) in [6, 6.07) is 3.86. The van der Waals surface area contributed by atoms with E-state index in [0.29, 0.717) is 5.96 Å². The van der Waals surface area contributed by atoms with Crippen molar-refractivity contribution in [1.29, 1.82) is 0 Å². The van der Waals surface area contributed by atoms with E-state index in [4.69, 9.17) is 4.42 Å². The van der Waals surface area contributed by atoms with Crippen molar-refractivity contribution < 1.29 is 9.21 Å². The predicted octanol–water partition coefficient (Wildman–Crippen LogP) is 2.07. The van der Waals surface area contributed by atoms with Gasteiger partial charge in [-0.05, 0) is 32.4 Å². The Morgan fingerprint density at radius 1 is 1.41 bits per heavy atom. The van der Waals surface area contributed by atoms with Gasteiger partial charge >= 0.3 is 0 Å². The van der Waals surface area contributed by atoms with Crippen LogP contribution >= 0.6 is 0 Å². The Hall–Kier alpha value is -1.98. The highest BCUT2D eigenvalue weighted by Crippen LogP contribution is 2.15. The van der Waals surface area contributed by atoms with Crippen molar-refractivity contribution in [3.63, 3.8) is 0 Å². The maximum absolute atomic E-state index is 11.7. The number of likely N-dealkylation sites (N-methyl/N-ethyl adjacent to an activating group) is 1. The Morgan fingerprint density at radius 2 is 2.14 bits per heavy atom. The number of hydrogen-bond acceptors (Lipinski definition) is 3. The van der Waals surface area contributed by atoms with Crippen LogP contribution in [0.15, 0.2) is 21.5 Å². The summed E-state index contributed by atoms with van der Waals surface area (Å²) in [7, 11) is 3.45. The third-order valence-corrected chi connectivity index (χ3v) is 3.24. The summed E-state index contributed by atoms with van der Waals surface area (Å²) in [6.07, 6.45) is 2.15. The zero-order valence-electron chi connectivity index (χ0n) is 14.3. The second kappa shape index (κ2) is 9.12. The summed E-state index contributed by atoms with van der Waals surface area (Å²) in [5.41, 5.74) is 0. The normalized spacial score (nSPS) is 12.9. The summed E-state index contributed by atoms with van der Waals surface area (Å²) in [5, 5.41) is 6.52. The number of furan rings is 1. The third-order valence-electron chi connectivity index (χ3n) is 3.24. The molecule has 1 rings (SSSR count). The van der Waals surface area contributed by atoms with Crippen LogP contribution in [-0.2, 0) is 4.79 Å². The van der Waals surface area contributed by atoms with Gasteiger partial charge < -0.3 is 20.0 Å². The maximum Gasteiger partial charge on any atom is 0.243 e. The molecule has 1 aromatic rings. The van der Waals surface area contributed by atoms with Crippen LogP contribution in [0.5, 0.6) is 0 Å². The Bertz CT molecular complexity index is 494. The molecule has 2 N–H and O–H groups in total. The highest BCUT2D eigenvalue weighted by molar-refractivity contribution is 5.84. The number of nitrogens with one attached hydrogen (secondary N) is 2. The van der Waals surface area contributed by atoms with Crippen molar-refractivity contribution >= 4 is 11.9 Å². The van der Waals surface area contributed by atoms with E-state index in [-0.39, 0.29) is 18.5 Å². The fourth-order valence-corrected chi connectivity index (χ4v) is 1.79. The fraction of sp³-hybridized carbons (Fsp3) is 0.625. The van der Waals surface area contributed by atoms with E-state index in [2.05, 4.69) is 22.5 Å². The number of hydrogen-bond donors (Lipinski definition) is 2. The molecular formula is C16H28N4O2. The minimum atomic E-state index is -0.0295. The monoisotopic (exact) mass is 308 g/mol. The highest BCUT2D eigenvalue weighted by Gasteiger charge is 2.12. The van der Waals surface area contributed by atoms with Gasteiger partial charge in [0.2, 0.25) is 5.91 Å². The van der Waals surface area contributed by atoms with Crippen molar-refractivity contribution in [2.75, 3.05) is 27.2 Å². The molecular weight excluding hydrogens is 280 g/mol. The number of aryl methyl sites for hydroxylation is 1. The first kappa shape index (κ1) is 18.1. The molecule has 1 atom stereocenters. The number of unbranched alkanes of at least 4 members (excludes halogenated alkanes) is 1. The van der Waals surface area contributed by atoms with E-state index >= 15 is 0 Å². The summed E-state index contributed by atoms with van der Waals surface area (Å²) in [5.74, 6) is 2.33. The molecule has 124 valence electrons. The number of carbonyl (C=O) groups excluding carboxylic acids is 1. The van der Waals surface area contributed by atoms with Crippen LogP contribution in [-0.4, -0.2) is 44.0 Å². The van der Waals surface area contributed by atoms with Crippen LogP contribution in [0.25, 0.3) is 0 Å². The molecule has 1 amide bonds. The van der Waals surface area contributed by atoms with Crippen LogP contribution in [0.3, 0.4) is 0 Å². The van der Waals surface area contributed by atoms with Crippen LogP contribution < -0.4 is 10.6 Å². The first-order valence-corrected chi connectivity index (χ1v) is 7.75. The summed E-state index contributed by atoms with van der Waals surface area (Å²) in [6.45, 7) is 7.00. The summed E-state index contributed by atoms with van der Waals surface area (Å²) < 4.78 is 5.62. The van der Waals surface area contributed by atoms with E-state index in [1.165, 1.54) is 4.90 Å². The molecule has 1 unspecified atom stereocenters. The highest BCUT2D eigenvalue weighted by atomic mass is 16.3. The first-order chi connectivity index (χ1) is 10.4. The number of nitrogens with zero attached hydrogens (tertiary/aromatic N) is 2. The van der Waals surface area contributed by atoms with Crippen LogP contribution in [0.1, 0.15) is 44.3 Å². The van der Waals surface area contributed by atoms with E-state index in [0.717, 1.165) is 30.9 Å². The third kappa shape index (κ3) is 6.20. The van der Waals surface area contributed by atoms with Crippen LogP contribution in [0.4, 0.5) is 0 Å². The van der Waals surface area contributed by atoms with Gasteiger partial charge in [-0.2, -0.15) is 0 Å². The molecule has 0 aromatic carbocycles. The van der Waals surface area contributed by atoms with Gasteiger partial charge in [-0.1, -0.05) is 13.3 Å². The van der Waals surface area contributed by atoms with Gasteiger partial charge in [-0.3, -0.25) is 4.79 Å². The lowest BCUT2D eigenvalue weighted by atomic mass is 10.2. The van der Waals surface area contributed by atoms with E-state index in [1.807, 2.05) is 26.0 Å². The Balaban J connectivity index is 2.67. The summed E-state index contributed by atoms with van der Waals surface area (Å²) >= 11 is 0. The van der Waals surface area contributed by atoms with Crippen molar-refractivity contribution in [2.45, 2.75) is 39.7 Å². The van der Waals surface area contributed by atoms with Gasteiger partial charge in [-0.25, -0.2) is 4.99 Å². The van der Waals surface area contributed by atoms with Crippen molar-refractivity contribution in [1.82, 2.24) is 15.5 Å². The Kier molecular flexibility index (Phi) is 7.49. The van der Waals surface area contributed by atoms with E-state index < -0.39 is 0 Å². The Morgan fingerprint density at radius 3 is 2.68 bits per heavy atom. The zero-order chi connectivity index (χ0) is 16.5. The maximum atomic E-state index is 11.7. The van der Waals surface area contributed by atoms with Gasteiger partial charge in [0.1, 0.15) is 18.1 Å². The average molecular weight is 308 g/mol. The van der Waals surface area contributed by atoms with Crippen LogP contribution in [0, 0.1) is 6.92 Å². The van der Waals surface area contributed by atoms with Gasteiger partial charge in [0.25, 0.3) is 0 Å². The number of guanidine groups is 1. The average Bonchev–Trinajstić information content (AvgIpc) is 2.90. The fourth-order valence-electron chi connectivity index (χ4n) is 1.79. The second-order valence-electron chi connectivity index (χ2n) is 5.55. The van der Waals surface area contributed by atoms with Gasteiger partial charge in [0, 0.05) is 20.6 Å². The van der Waals surface area contributed by atoms with E-state index in [1.54, 1.807) is 14.1 Å². The molecule has 1 heterocycles. The minimum Gasteiger partial charge on any atom is -0.464 e. The number of aliphatic imine (C=N–C) groups is 1. The van der Waals surface area contributed by atoms with E-state index in [9.17, 15) is 4.79 Å². The topological polar surface area (TPSA) is 69.9 Å². The van der Waals surface area contributed by atoms with Gasteiger partial charge in [0.15, 0.2) is 5.96 Å². The SMILES string of the molecule is CCCCNC(=NCC(=O)N(C)C)NC(C)c1ccc(C)o1. The molecule has 6 heteroatoms. The molecule has 0 spiro atoms. The lowest BCUT2D eigenvalue weighted by Gasteiger charge is -2.17. The van der Waals surface area contributed by atoms with Crippen molar-refractivity contribution in [2.24, 2.45) is 4.99 Å². The zero-order valence-corrected chi connectivity index (χ0v) is 14.3. The molecule has 1 aromatic heterocycles. The molecule has 0 aliphatic heterocycles. The molecule has 0 fully saturated rings. The standard InChI is InChI=1S/C16H28N4O2/c1-6-7-10-17-16(18-11-15(21)20(4)5)19-13(3)14-9-8-12(2)22-14/h8-9,13H,6-7,10-11H2,1-5H3,(H2,17,18,19). The molecule has 0 saturated heterocycles. The van der Waals surface area contributed by atoms with Crippen molar-refractivity contribution in [3.05, 3.63) is 23.7 Å². The molecule has 0 aliphatic rings.